The van der Waals surface area contributed by atoms with Gasteiger partial charge in [0.25, 0.3) is 0 Å². The first kappa shape index (κ1) is 24.3. The summed E-state index contributed by atoms with van der Waals surface area (Å²) in [6, 6.07) is -0.649. The van der Waals surface area contributed by atoms with Crippen molar-refractivity contribution < 1.29 is 19.7 Å². The van der Waals surface area contributed by atoms with Crippen LogP contribution in [-0.2, 0) is 22.6 Å². The first-order valence-corrected chi connectivity index (χ1v) is 12.1. The van der Waals surface area contributed by atoms with E-state index >= 15 is 0 Å². The van der Waals surface area contributed by atoms with Gasteiger partial charge in [0.1, 0.15) is 24.1 Å². The number of thioether (sulfide) groups is 1. The summed E-state index contributed by atoms with van der Waals surface area (Å²) < 4.78 is 9.24. The molecule has 0 aliphatic carbocycles. The van der Waals surface area contributed by atoms with Crippen molar-refractivity contribution >= 4 is 34.7 Å². The number of amides is 1. The Labute approximate surface area is 199 Å². The summed E-state index contributed by atoms with van der Waals surface area (Å²) in [7, 11) is 0. The van der Waals surface area contributed by atoms with Crippen molar-refractivity contribution in [3.05, 3.63) is 30.6 Å². The molecule has 0 aromatic carbocycles. The van der Waals surface area contributed by atoms with E-state index in [-0.39, 0.29) is 11.7 Å². The third-order valence-corrected chi connectivity index (χ3v) is 6.76. The molecule has 34 heavy (non-hydrogen) atoms. The third kappa shape index (κ3) is 5.15. The summed E-state index contributed by atoms with van der Waals surface area (Å²) in [5, 5.41) is 28.0. The van der Waals surface area contributed by atoms with Crippen LogP contribution in [0.5, 0.6) is 0 Å². The van der Waals surface area contributed by atoms with Crippen LogP contribution in [0.3, 0.4) is 0 Å². The van der Waals surface area contributed by atoms with Crippen molar-refractivity contribution in [1.82, 2.24) is 34.6 Å². The molecule has 13 nitrogen and oxygen atoms in total. The van der Waals surface area contributed by atoms with Crippen LogP contribution >= 0.6 is 11.8 Å². The van der Waals surface area contributed by atoms with Gasteiger partial charge in [-0.05, 0) is 19.1 Å². The fourth-order valence-corrected chi connectivity index (χ4v) is 4.78. The van der Waals surface area contributed by atoms with Crippen LogP contribution in [0.1, 0.15) is 25.1 Å². The third-order valence-electron chi connectivity index (χ3n) is 5.67. The van der Waals surface area contributed by atoms with Crippen molar-refractivity contribution in [2.24, 2.45) is 5.73 Å². The minimum absolute atomic E-state index is 0.222. The molecular formula is C20H29N9O4S. The maximum absolute atomic E-state index is 12.2. The van der Waals surface area contributed by atoms with Gasteiger partial charge in [-0.25, -0.2) is 15.0 Å². The molecule has 5 atom stereocenters. The highest BCUT2D eigenvalue weighted by Crippen LogP contribution is 2.33. The number of imidazole rings is 1. The average Bonchev–Trinajstić information content (AvgIpc) is 3.54. The van der Waals surface area contributed by atoms with Crippen LogP contribution in [0, 0.1) is 0 Å². The highest BCUT2D eigenvalue weighted by Gasteiger charge is 2.44. The number of hydrogen-bond acceptors (Lipinski definition) is 11. The molecule has 0 spiro atoms. The number of aliphatic hydroxyl groups is 2. The van der Waals surface area contributed by atoms with Crippen molar-refractivity contribution in [1.29, 1.82) is 0 Å². The molecule has 3 aromatic rings. The second-order valence-electron chi connectivity index (χ2n) is 8.02. The summed E-state index contributed by atoms with van der Waals surface area (Å²) in [6.45, 7) is 3.13. The Morgan fingerprint density at radius 2 is 2.15 bits per heavy atom. The number of nitrogen functional groups attached to an aromatic ring is 1. The minimum atomic E-state index is -1.16. The van der Waals surface area contributed by atoms with E-state index in [1.165, 1.54) is 29.0 Å². The lowest BCUT2D eigenvalue weighted by Gasteiger charge is -2.16. The molecule has 1 aliphatic heterocycles. The molecule has 1 fully saturated rings. The monoisotopic (exact) mass is 491 g/mol. The Kier molecular flexibility index (Phi) is 7.63. The standard InChI is InChI=1S/C20H29N9O4S/c1-2-28-7-11(6-27-28)5-23-19(32)12(21)3-4-34-8-13-15(30)16(31)20(33-13)29-10-26-14-17(22)24-9-25-18(14)29/h6-7,9-10,12-13,15-16,20,30-31H,2-5,8,21H2,1H3,(H,23,32)(H2,22,24,25)/t12-,13+,15+,16+,20+/m0/s1. The smallest absolute Gasteiger partial charge is 0.237 e. The average molecular weight is 492 g/mol. The van der Waals surface area contributed by atoms with Crippen LogP contribution in [-0.4, -0.2) is 81.3 Å². The van der Waals surface area contributed by atoms with Gasteiger partial charge < -0.3 is 31.7 Å². The summed E-state index contributed by atoms with van der Waals surface area (Å²) in [6.07, 6.45) is 3.10. The largest absolute Gasteiger partial charge is 0.387 e. The van der Waals surface area contributed by atoms with Gasteiger partial charge in [-0.1, -0.05) is 0 Å². The molecular weight excluding hydrogens is 462 g/mol. The predicted octanol–water partition coefficient (Wildman–Crippen LogP) is -0.989. The van der Waals surface area contributed by atoms with E-state index in [4.69, 9.17) is 16.2 Å². The highest BCUT2D eigenvalue weighted by atomic mass is 32.2. The lowest BCUT2D eigenvalue weighted by molar-refractivity contribution is -0.122. The Hall–Kier alpha value is -2.78. The van der Waals surface area contributed by atoms with Crippen LogP contribution in [0.4, 0.5) is 5.82 Å². The lowest BCUT2D eigenvalue weighted by atomic mass is 10.1. The van der Waals surface area contributed by atoms with E-state index in [0.717, 1.165) is 12.1 Å². The molecule has 0 radical (unpaired) electrons. The topological polar surface area (TPSA) is 192 Å². The number of aliphatic hydroxyl groups excluding tert-OH is 2. The maximum Gasteiger partial charge on any atom is 0.237 e. The number of rotatable bonds is 10. The molecule has 1 saturated heterocycles. The number of fused-ring (bicyclic) bond motifs is 1. The second kappa shape index (κ2) is 10.7. The van der Waals surface area contributed by atoms with Crippen LogP contribution in [0.2, 0.25) is 0 Å². The zero-order valence-electron chi connectivity index (χ0n) is 18.7. The van der Waals surface area contributed by atoms with Crippen molar-refractivity contribution in [2.45, 2.75) is 57.0 Å². The first-order valence-electron chi connectivity index (χ1n) is 11.0. The van der Waals surface area contributed by atoms with E-state index in [0.29, 0.717) is 35.6 Å². The fraction of sp³-hybridized carbons (Fsp3) is 0.550. The Bertz CT molecular complexity index is 1120. The molecule has 184 valence electrons. The number of carbonyl (C=O) groups excluding carboxylic acids is 1. The quantitative estimate of drug-likeness (QED) is 0.219. The van der Waals surface area contributed by atoms with Crippen molar-refractivity contribution in [3.8, 4) is 0 Å². The van der Waals surface area contributed by atoms with Crippen molar-refractivity contribution in [3.63, 3.8) is 0 Å². The molecule has 1 aliphatic rings. The molecule has 7 N–H and O–H groups in total. The molecule has 0 bridgehead atoms. The summed E-state index contributed by atoms with van der Waals surface area (Å²) >= 11 is 1.49. The van der Waals surface area contributed by atoms with E-state index in [9.17, 15) is 15.0 Å². The van der Waals surface area contributed by atoms with Gasteiger partial charge in [-0.3, -0.25) is 14.0 Å². The Morgan fingerprint density at radius 1 is 1.32 bits per heavy atom. The van der Waals surface area contributed by atoms with Crippen LogP contribution < -0.4 is 16.8 Å². The summed E-state index contributed by atoms with van der Waals surface area (Å²) in [5.74, 6) is 1.00. The summed E-state index contributed by atoms with van der Waals surface area (Å²) in [4.78, 5) is 24.5. The minimum Gasteiger partial charge on any atom is -0.387 e. The van der Waals surface area contributed by atoms with Gasteiger partial charge in [0, 0.05) is 30.6 Å². The molecule has 1 amide bonds. The molecule has 0 saturated carbocycles. The maximum atomic E-state index is 12.2. The predicted molar refractivity (Wildman–Crippen MR) is 125 cm³/mol. The number of nitrogens with two attached hydrogens (primary N) is 2. The Morgan fingerprint density at radius 3 is 2.91 bits per heavy atom. The SMILES string of the molecule is CCn1cc(CNC(=O)[C@@H](N)CCSC[C@H]2O[C@@H](n3cnc4c(N)ncnc43)[C@H](O)[C@@H]2O)cn1. The zero-order valence-corrected chi connectivity index (χ0v) is 19.5. The van der Waals surface area contributed by atoms with E-state index < -0.39 is 30.6 Å². The number of ether oxygens (including phenoxy) is 1. The lowest BCUT2D eigenvalue weighted by Crippen LogP contribution is -2.40. The first-order chi connectivity index (χ1) is 16.4. The number of carbonyl (C=O) groups is 1. The molecule has 0 unspecified atom stereocenters. The molecule has 4 rings (SSSR count). The van der Waals surface area contributed by atoms with Crippen molar-refractivity contribution in [2.75, 3.05) is 17.2 Å². The fourth-order valence-electron chi connectivity index (χ4n) is 3.68. The normalized spacial score (nSPS) is 23.4. The van der Waals surface area contributed by atoms with Gasteiger partial charge in [-0.15, -0.1) is 0 Å². The number of aryl methyl sites for hydroxylation is 1. The number of hydrogen-bond donors (Lipinski definition) is 5. The molecule has 3 aromatic heterocycles. The number of nitrogens with zero attached hydrogens (tertiary/aromatic N) is 6. The molecule has 14 heteroatoms. The summed E-state index contributed by atoms with van der Waals surface area (Å²) in [5.41, 5.74) is 13.5. The van der Waals surface area contributed by atoms with E-state index in [1.54, 1.807) is 10.9 Å². The number of aromatic nitrogens is 6. The van der Waals surface area contributed by atoms with E-state index in [2.05, 4.69) is 25.4 Å². The molecule has 4 heterocycles. The second-order valence-corrected chi connectivity index (χ2v) is 9.17. The highest BCUT2D eigenvalue weighted by molar-refractivity contribution is 7.99. The van der Waals surface area contributed by atoms with Gasteiger partial charge in [0.15, 0.2) is 17.7 Å². The van der Waals surface area contributed by atoms with Gasteiger partial charge in [0.2, 0.25) is 5.91 Å². The Balaban J connectivity index is 1.23. The van der Waals surface area contributed by atoms with Crippen LogP contribution in [0.15, 0.2) is 25.0 Å². The van der Waals surface area contributed by atoms with Gasteiger partial charge in [0.05, 0.1) is 24.7 Å². The number of anilines is 1. The van der Waals surface area contributed by atoms with Crippen LogP contribution in [0.25, 0.3) is 11.2 Å². The zero-order chi connectivity index (χ0) is 24.2. The van der Waals surface area contributed by atoms with Gasteiger partial charge in [-0.2, -0.15) is 16.9 Å². The van der Waals surface area contributed by atoms with Gasteiger partial charge >= 0.3 is 0 Å². The van der Waals surface area contributed by atoms with E-state index in [1.807, 2.05) is 13.1 Å². The number of nitrogens with one attached hydrogen (secondary N) is 1.